The predicted octanol–water partition coefficient (Wildman–Crippen LogP) is 5.87. The summed E-state index contributed by atoms with van der Waals surface area (Å²) in [6, 6.07) is 46.8. The number of hydrogen-bond donors (Lipinski definition) is 4. The Kier molecular flexibility index (Phi) is 17.2. The van der Waals surface area contributed by atoms with E-state index in [0.29, 0.717) is 44.4 Å². The van der Waals surface area contributed by atoms with Gasteiger partial charge in [-0.25, -0.2) is 16.8 Å². The Balaban J connectivity index is 0.000000216. The quantitative estimate of drug-likeness (QED) is 0.0707. The molecule has 18 nitrogen and oxygen atoms in total. The van der Waals surface area contributed by atoms with Crippen LogP contribution in [0.25, 0.3) is 65.3 Å². The molecule has 10 aromatic rings. The molecule has 372 valence electrons. The molecule has 0 fully saturated rings. The van der Waals surface area contributed by atoms with Crippen molar-refractivity contribution in [2.75, 3.05) is 0 Å². The Bertz CT molecular complexity index is 4170. The topological polar surface area (TPSA) is 313 Å². The standard InChI is InChI=1S/2C26H18N2O7S2.2Na/c2*29-26-22-8-4-3-7-21(22)24(37(33,34)35)15-23(26)27-28-25-19-6-2-1-5-16(19)11-14-20(25)17-9-12-18(13-10-17)36(30,31)32;;/h2*1-15,29H,(H,30,31,32)(H,33,34,35);;/q;;2*+1/p-2/b2*28-27+;;. The van der Waals surface area contributed by atoms with Gasteiger partial charge in [-0.15, -0.1) is 20.5 Å². The first-order chi connectivity index (χ1) is 35.1. The summed E-state index contributed by atoms with van der Waals surface area (Å²) < 4.78 is 136. The normalized spacial score (nSPS) is 12.2. The molecule has 0 unspecified atom stereocenters. The summed E-state index contributed by atoms with van der Waals surface area (Å²) in [5.41, 5.74) is 2.54. The maximum Gasteiger partial charge on any atom is 1.00 e. The van der Waals surface area contributed by atoms with Crippen molar-refractivity contribution >= 4 is 106 Å². The third-order valence-electron chi connectivity index (χ3n) is 11.7. The maximum atomic E-state index is 11.9. The van der Waals surface area contributed by atoms with Gasteiger partial charge in [-0.1, -0.05) is 146 Å². The number of azo groups is 2. The smallest absolute Gasteiger partial charge is 0.744 e. The van der Waals surface area contributed by atoms with Crippen molar-refractivity contribution in [3.8, 4) is 33.8 Å². The summed E-state index contributed by atoms with van der Waals surface area (Å²) in [7, 11) is -18.5. The number of nitrogens with zero attached hydrogens (tertiary/aromatic N) is 4. The first-order valence-electron chi connectivity index (χ1n) is 21.5. The van der Waals surface area contributed by atoms with Gasteiger partial charge in [0.15, 0.2) is 11.5 Å². The van der Waals surface area contributed by atoms with Gasteiger partial charge in [0.2, 0.25) is 0 Å². The maximum absolute atomic E-state index is 11.9. The number of benzene rings is 10. The summed E-state index contributed by atoms with van der Waals surface area (Å²) in [5, 5.41) is 41.9. The Morgan fingerprint density at radius 3 is 0.974 bits per heavy atom. The molecule has 0 atom stereocenters. The zero-order valence-corrected chi connectivity index (χ0v) is 46.9. The van der Waals surface area contributed by atoms with Crippen molar-refractivity contribution in [1.82, 2.24) is 0 Å². The SMILES string of the molecule is O=S(=O)([O-])c1cc(/N=N/c2c(-c3ccc(S(=O)(=O)O)cc3)ccc3ccccc23)c(O)c2ccccc12.O=S(=O)([O-])c1cc(/N=N/c2c(-c3ccc(S(=O)(=O)O)cc3)ccc3ccccc23)c(O)c2ccccc12.[Na+].[Na+]. The van der Waals surface area contributed by atoms with Crippen LogP contribution in [0.3, 0.4) is 0 Å². The molecular weight excluding hydrogens is 1080 g/mol. The van der Waals surface area contributed by atoms with Gasteiger partial charge >= 0.3 is 59.1 Å². The number of phenols is 2. The minimum absolute atomic E-state index is 0. The van der Waals surface area contributed by atoms with Crippen molar-refractivity contribution in [1.29, 1.82) is 0 Å². The zero-order chi connectivity index (χ0) is 52.7. The van der Waals surface area contributed by atoms with Crippen LogP contribution in [0.1, 0.15) is 0 Å². The third kappa shape index (κ3) is 12.1. The first-order valence-corrected chi connectivity index (χ1v) is 27.2. The minimum Gasteiger partial charge on any atom is -0.744 e. The van der Waals surface area contributed by atoms with E-state index in [4.69, 9.17) is 0 Å². The fourth-order valence-electron chi connectivity index (χ4n) is 8.20. The van der Waals surface area contributed by atoms with Crippen LogP contribution in [0.4, 0.5) is 22.7 Å². The van der Waals surface area contributed by atoms with Gasteiger partial charge < -0.3 is 19.3 Å². The molecule has 24 heteroatoms. The second-order valence-electron chi connectivity index (χ2n) is 16.2. The van der Waals surface area contributed by atoms with E-state index in [2.05, 4.69) is 20.5 Å². The van der Waals surface area contributed by atoms with Crippen LogP contribution in [-0.4, -0.2) is 62.1 Å². The van der Waals surface area contributed by atoms with Gasteiger partial charge in [-0.3, -0.25) is 9.11 Å². The molecule has 0 amide bonds. The molecule has 0 saturated heterocycles. The van der Waals surface area contributed by atoms with Crippen molar-refractivity contribution < 1.29 is 121 Å². The summed E-state index contributed by atoms with van der Waals surface area (Å²) in [6.07, 6.45) is 0. The fraction of sp³-hybridized carbons (Fsp3) is 0. The molecule has 10 aromatic carbocycles. The van der Waals surface area contributed by atoms with E-state index in [1.807, 2.05) is 36.4 Å². The molecule has 76 heavy (non-hydrogen) atoms. The van der Waals surface area contributed by atoms with E-state index in [1.54, 1.807) is 60.7 Å². The van der Waals surface area contributed by atoms with Crippen molar-refractivity contribution in [3.05, 3.63) is 182 Å². The van der Waals surface area contributed by atoms with E-state index in [0.717, 1.165) is 22.9 Å². The van der Waals surface area contributed by atoms with Gasteiger partial charge in [0.1, 0.15) is 43.0 Å². The molecule has 0 aliphatic heterocycles. The number of aromatic hydroxyl groups is 2. The summed E-state index contributed by atoms with van der Waals surface area (Å²) in [6.45, 7) is 0. The van der Waals surface area contributed by atoms with Gasteiger partial charge in [-0.05, 0) is 58.3 Å². The van der Waals surface area contributed by atoms with E-state index < -0.39 is 50.3 Å². The average molecular weight is 1110 g/mol. The molecule has 0 aromatic heterocycles. The van der Waals surface area contributed by atoms with Crippen molar-refractivity contribution in [3.63, 3.8) is 0 Å². The van der Waals surface area contributed by atoms with E-state index >= 15 is 0 Å². The second-order valence-corrected chi connectivity index (χ2v) is 21.8. The first kappa shape index (κ1) is 57.4. The van der Waals surface area contributed by atoms with Crippen LogP contribution in [0, 0.1) is 0 Å². The number of rotatable bonds is 10. The monoisotopic (exact) mass is 1110 g/mol. The van der Waals surface area contributed by atoms with Crippen molar-refractivity contribution in [2.24, 2.45) is 20.5 Å². The molecule has 10 rings (SSSR count). The fourth-order valence-corrected chi connectivity index (χ4v) is 10.6. The van der Waals surface area contributed by atoms with Crippen LogP contribution < -0.4 is 59.1 Å². The predicted molar refractivity (Wildman–Crippen MR) is 274 cm³/mol. The van der Waals surface area contributed by atoms with Gasteiger partial charge in [0.05, 0.1) is 19.6 Å². The molecule has 0 aliphatic rings. The molecule has 0 spiro atoms. The molecular formula is C52H34N4Na2O14S4. The molecule has 4 N–H and O–H groups in total. The third-order valence-corrected chi connectivity index (χ3v) is 15.2. The van der Waals surface area contributed by atoms with Crippen LogP contribution in [0.5, 0.6) is 11.5 Å². The molecule has 0 bridgehead atoms. The van der Waals surface area contributed by atoms with Gasteiger partial charge in [0.25, 0.3) is 20.2 Å². The Morgan fingerprint density at radius 2 is 0.658 bits per heavy atom. The molecule has 0 radical (unpaired) electrons. The minimum atomic E-state index is -4.89. The summed E-state index contributed by atoms with van der Waals surface area (Å²) in [4.78, 5) is -1.61. The summed E-state index contributed by atoms with van der Waals surface area (Å²) in [5.74, 6) is -0.683. The van der Waals surface area contributed by atoms with Crippen molar-refractivity contribution in [2.45, 2.75) is 19.6 Å². The van der Waals surface area contributed by atoms with Crippen LogP contribution >= 0.6 is 0 Å². The van der Waals surface area contributed by atoms with E-state index in [-0.39, 0.29) is 113 Å². The molecule has 0 heterocycles. The van der Waals surface area contributed by atoms with E-state index in [9.17, 15) is 62.1 Å². The van der Waals surface area contributed by atoms with Crippen LogP contribution in [0.2, 0.25) is 0 Å². The number of fused-ring (bicyclic) bond motifs is 4. The van der Waals surface area contributed by atoms with E-state index in [1.165, 1.54) is 72.8 Å². The van der Waals surface area contributed by atoms with Crippen LogP contribution in [0.15, 0.2) is 222 Å². The van der Waals surface area contributed by atoms with Gasteiger partial charge in [-0.2, -0.15) is 16.8 Å². The number of phenolic OH excluding ortho intramolecular Hbond substituents is 2. The largest absolute Gasteiger partial charge is 1.00 e. The second kappa shape index (κ2) is 22.7. The Labute approximate surface area is 478 Å². The average Bonchev–Trinajstić information content (AvgIpc) is 3.37. The Hall–Kier alpha value is -6.32. The Morgan fingerprint density at radius 1 is 0.355 bits per heavy atom. The van der Waals surface area contributed by atoms with Crippen LogP contribution in [-0.2, 0) is 40.5 Å². The molecule has 0 saturated carbocycles. The van der Waals surface area contributed by atoms with Gasteiger partial charge in [0, 0.05) is 43.4 Å². The summed E-state index contributed by atoms with van der Waals surface area (Å²) >= 11 is 0. The zero-order valence-electron chi connectivity index (χ0n) is 39.6. The molecule has 0 aliphatic carbocycles. The number of hydrogen-bond acceptors (Lipinski definition) is 16.